The first kappa shape index (κ1) is 16.5. The van der Waals surface area contributed by atoms with Crippen molar-refractivity contribution in [3.8, 4) is 11.3 Å². The summed E-state index contributed by atoms with van der Waals surface area (Å²) in [5, 5.41) is 4.62. The fourth-order valence-electron chi connectivity index (χ4n) is 4.11. The molecule has 5 rings (SSSR count). The van der Waals surface area contributed by atoms with E-state index in [0.717, 1.165) is 73.5 Å². The van der Waals surface area contributed by atoms with Gasteiger partial charge in [0.15, 0.2) is 5.65 Å². The second kappa shape index (κ2) is 6.81. The molecule has 0 bridgehead atoms. The van der Waals surface area contributed by atoms with Gasteiger partial charge in [-0.25, -0.2) is 14.5 Å². The second-order valence-corrected chi connectivity index (χ2v) is 7.19. The zero-order chi connectivity index (χ0) is 18.2. The minimum Gasteiger partial charge on any atom is -0.378 e. The van der Waals surface area contributed by atoms with E-state index in [9.17, 15) is 0 Å². The lowest BCUT2D eigenvalue weighted by Crippen LogP contribution is -2.36. The molecule has 2 aliphatic heterocycles. The Hall–Kier alpha value is -2.67. The van der Waals surface area contributed by atoms with Crippen molar-refractivity contribution in [3.05, 3.63) is 36.3 Å². The van der Waals surface area contributed by atoms with Crippen LogP contribution in [0.2, 0.25) is 0 Å². The molecule has 0 aliphatic carbocycles. The summed E-state index contributed by atoms with van der Waals surface area (Å²) < 4.78 is 7.47. The van der Waals surface area contributed by atoms with Crippen LogP contribution in [0.3, 0.4) is 0 Å². The molecular weight excluding hydrogens is 340 g/mol. The van der Waals surface area contributed by atoms with E-state index >= 15 is 0 Å². The van der Waals surface area contributed by atoms with Crippen molar-refractivity contribution >= 4 is 17.2 Å². The van der Waals surface area contributed by atoms with Crippen molar-refractivity contribution < 1.29 is 4.74 Å². The Kier molecular flexibility index (Phi) is 4.16. The van der Waals surface area contributed by atoms with E-state index in [0.29, 0.717) is 0 Å². The number of aryl methyl sites for hydroxylation is 1. The number of morpholine rings is 1. The monoisotopic (exact) mass is 364 g/mol. The van der Waals surface area contributed by atoms with Crippen molar-refractivity contribution in [2.75, 3.05) is 49.2 Å². The first-order valence-electron chi connectivity index (χ1n) is 9.70. The third-order valence-corrected chi connectivity index (χ3v) is 5.47. The molecule has 140 valence electrons. The maximum absolute atomic E-state index is 5.50. The minimum atomic E-state index is 0.755. The van der Waals surface area contributed by atoms with Gasteiger partial charge < -0.3 is 14.5 Å². The summed E-state index contributed by atoms with van der Waals surface area (Å²) in [6, 6.07) is 6.28. The number of hydrogen-bond acceptors (Lipinski definition) is 6. The molecule has 0 aromatic carbocycles. The molecule has 0 spiro atoms. The quantitative estimate of drug-likeness (QED) is 0.712. The smallest absolute Gasteiger partial charge is 0.178 e. The van der Waals surface area contributed by atoms with Crippen molar-refractivity contribution in [1.82, 2.24) is 19.6 Å². The molecule has 2 fully saturated rings. The van der Waals surface area contributed by atoms with Crippen LogP contribution in [0.4, 0.5) is 11.5 Å². The third-order valence-electron chi connectivity index (χ3n) is 5.47. The lowest BCUT2D eigenvalue weighted by atomic mass is 10.1. The molecule has 2 saturated heterocycles. The SMILES string of the molecule is Cc1nc2c(N3CCOCC3)ccnn2c1-c1ccnc(N2CCCC2)c1. The lowest BCUT2D eigenvalue weighted by Gasteiger charge is -2.28. The van der Waals surface area contributed by atoms with E-state index in [2.05, 4.69) is 45.0 Å². The van der Waals surface area contributed by atoms with Crippen molar-refractivity contribution in [2.24, 2.45) is 0 Å². The zero-order valence-corrected chi connectivity index (χ0v) is 15.6. The molecule has 0 N–H and O–H groups in total. The minimum absolute atomic E-state index is 0.755. The van der Waals surface area contributed by atoms with Gasteiger partial charge in [0.1, 0.15) is 5.82 Å². The van der Waals surface area contributed by atoms with Crippen molar-refractivity contribution in [2.45, 2.75) is 19.8 Å². The maximum Gasteiger partial charge on any atom is 0.178 e. The highest BCUT2D eigenvalue weighted by molar-refractivity contribution is 5.76. The van der Waals surface area contributed by atoms with Crippen LogP contribution in [-0.2, 0) is 4.74 Å². The van der Waals surface area contributed by atoms with Crippen LogP contribution in [0.15, 0.2) is 30.6 Å². The summed E-state index contributed by atoms with van der Waals surface area (Å²) >= 11 is 0. The van der Waals surface area contributed by atoms with E-state index in [1.165, 1.54) is 12.8 Å². The molecule has 27 heavy (non-hydrogen) atoms. The summed E-state index contributed by atoms with van der Waals surface area (Å²) in [4.78, 5) is 14.1. The van der Waals surface area contributed by atoms with Gasteiger partial charge in [-0.15, -0.1) is 0 Å². The van der Waals surface area contributed by atoms with Crippen LogP contribution in [0.5, 0.6) is 0 Å². The van der Waals surface area contributed by atoms with Gasteiger partial charge in [-0.1, -0.05) is 0 Å². The lowest BCUT2D eigenvalue weighted by molar-refractivity contribution is 0.123. The Morgan fingerprint density at radius 2 is 1.78 bits per heavy atom. The molecule has 0 radical (unpaired) electrons. The van der Waals surface area contributed by atoms with Gasteiger partial charge in [-0.05, 0) is 38.0 Å². The average molecular weight is 364 g/mol. The largest absolute Gasteiger partial charge is 0.378 e. The Labute approximate surface area is 158 Å². The molecule has 3 aromatic heterocycles. The Bertz CT molecular complexity index is 956. The zero-order valence-electron chi connectivity index (χ0n) is 15.6. The van der Waals surface area contributed by atoms with Crippen molar-refractivity contribution in [1.29, 1.82) is 0 Å². The number of ether oxygens (including phenoxy) is 1. The molecule has 0 amide bonds. The van der Waals surface area contributed by atoms with E-state index in [1.807, 2.05) is 16.9 Å². The number of aromatic nitrogens is 4. The summed E-state index contributed by atoms with van der Waals surface area (Å²) in [5.74, 6) is 1.05. The fourth-order valence-corrected chi connectivity index (χ4v) is 4.11. The number of hydrogen-bond donors (Lipinski definition) is 0. The normalized spacial score (nSPS) is 17.8. The number of fused-ring (bicyclic) bond motifs is 1. The van der Waals surface area contributed by atoms with Gasteiger partial charge in [0.05, 0.1) is 36.5 Å². The van der Waals surface area contributed by atoms with Gasteiger partial charge >= 0.3 is 0 Å². The number of imidazole rings is 1. The Morgan fingerprint density at radius 3 is 2.59 bits per heavy atom. The van der Waals surface area contributed by atoms with Crippen LogP contribution in [0, 0.1) is 6.92 Å². The number of pyridine rings is 1. The Morgan fingerprint density at radius 1 is 0.963 bits per heavy atom. The highest BCUT2D eigenvalue weighted by Crippen LogP contribution is 2.31. The average Bonchev–Trinajstić information content (AvgIpc) is 3.36. The fraction of sp³-hybridized carbons (Fsp3) is 0.450. The van der Waals surface area contributed by atoms with Crippen LogP contribution >= 0.6 is 0 Å². The van der Waals surface area contributed by atoms with E-state index in [4.69, 9.17) is 9.72 Å². The molecule has 0 atom stereocenters. The summed E-state index contributed by atoms with van der Waals surface area (Å²) in [5.41, 5.74) is 5.18. The summed E-state index contributed by atoms with van der Waals surface area (Å²) in [6.07, 6.45) is 6.24. The van der Waals surface area contributed by atoms with Gasteiger partial charge in [0.2, 0.25) is 0 Å². The first-order valence-corrected chi connectivity index (χ1v) is 9.70. The predicted molar refractivity (Wildman–Crippen MR) is 105 cm³/mol. The molecule has 3 aromatic rings. The van der Waals surface area contributed by atoms with E-state index < -0.39 is 0 Å². The van der Waals surface area contributed by atoms with Gasteiger partial charge in [0, 0.05) is 37.9 Å². The number of rotatable bonds is 3. The number of anilines is 2. The second-order valence-electron chi connectivity index (χ2n) is 7.19. The molecular formula is C20H24N6O. The highest BCUT2D eigenvalue weighted by atomic mass is 16.5. The highest BCUT2D eigenvalue weighted by Gasteiger charge is 2.21. The van der Waals surface area contributed by atoms with Crippen LogP contribution in [0.1, 0.15) is 18.5 Å². The van der Waals surface area contributed by atoms with E-state index in [1.54, 1.807) is 0 Å². The standard InChI is InChI=1S/C20H24N6O/c1-15-19(16-4-6-21-18(14-16)25-8-2-3-9-25)26-20(23-15)17(5-7-22-26)24-10-12-27-13-11-24/h4-7,14H,2-3,8-13H2,1H3. The van der Waals surface area contributed by atoms with Gasteiger partial charge in [-0.2, -0.15) is 5.10 Å². The molecule has 2 aliphatic rings. The Balaban J connectivity index is 1.59. The molecule has 0 saturated carbocycles. The van der Waals surface area contributed by atoms with Crippen LogP contribution in [0.25, 0.3) is 16.9 Å². The third kappa shape index (κ3) is 2.92. The maximum atomic E-state index is 5.50. The summed E-state index contributed by atoms with van der Waals surface area (Å²) in [7, 11) is 0. The molecule has 5 heterocycles. The van der Waals surface area contributed by atoms with E-state index in [-0.39, 0.29) is 0 Å². The molecule has 0 unspecified atom stereocenters. The summed E-state index contributed by atoms with van der Waals surface area (Å²) in [6.45, 7) is 7.51. The molecule has 7 nitrogen and oxygen atoms in total. The first-order chi connectivity index (χ1) is 13.3. The topological polar surface area (TPSA) is 58.8 Å². The van der Waals surface area contributed by atoms with Crippen molar-refractivity contribution in [3.63, 3.8) is 0 Å². The van der Waals surface area contributed by atoms with Gasteiger partial charge in [0.25, 0.3) is 0 Å². The van der Waals surface area contributed by atoms with Crippen LogP contribution < -0.4 is 9.80 Å². The van der Waals surface area contributed by atoms with Gasteiger partial charge in [-0.3, -0.25) is 0 Å². The van der Waals surface area contributed by atoms with Crippen LogP contribution in [-0.4, -0.2) is 59.0 Å². The molecule has 7 heteroatoms. The predicted octanol–water partition coefficient (Wildman–Crippen LogP) is 2.54. The number of nitrogens with zero attached hydrogens (tertiary/aromatic N) is 6.